The number of nitrogens with zero attached hydrogens (tertiary/aromatic N) is 1. The number of thioether (sulfide) groups is 1. The second kappa shape index (κ2) is 12.1. The summed E-state index contributed by atoms with van der Waals surface area (Å²) in [6.07, 6.45) is 9.09. The van der Waals surface area contributed by atoms with Crippen LogP contribution in [0.1, 0.15) is 64.9 Å². The zero-order valence-corrected chi connectivity index (χ0v) is 19.6. The van der Waals surface area contributed by atoms with Gasteiger partial charge in [-0.25, -0.2) is 4.79 Å². The maximum atomic E-state index is 12.8. The summed E-state index contributed by atoms with van der Waals surface area (Å²) in [7, 11) is 0. The Kier molecular flexibility index (Phi) is 9.85. The number of thiocarbonyl (C=S) groups is 1. The second-order valence-electron chi connectivity index (χ2n) is 7.76. The molecule has 0 radical (unpaired) electrons. The first-order chi connectivity index (χ1) is 14.3. The van der Waals surface area contributed by atoms with Crippen LogP contribution in [-0.4, -0.2) is 38.9 Å². The van der Waals surface area contributed by atoms with E-state index < -0.39 is 12.0 Å². The van der Waals surface area contributed by atoms with E-state index in [0.29, 0.717) is 11.5 Å². The normalized spacial score (nSPS) is 16.5. The van der Waals surface area contributed by atoms with Crippen LogP contribution in [-0.2, 0) is 9.59 Å². The van der Waals surface area contributed by atoms with Crippen LogP contribution in [0.5, 0.6) is 5.75 Å². The second-order valence-corrected chi connectivity index (χ2v) is 9.44. The molecule has 1 N–H and O–H groups in total. The van der Waals surface area contributed by atoms with Crippen LogP contribution >= 0.6 is 24.0 Å². The fourth-order valence-electron chi connectivity index (χ4n) is 3.30. The van der Waals surface area contributed by atoms with Crippen molar-refractivity contribution in [3.05, 3.63) is 34.7 Å². The number of benzene rings is 1. The third kappa shape index (κ3) is 6.84. The Bertz CT molecular complexity index is 774. The Balaban J connectivity index is 1.93. The molecule has 5 nitrogen and oxygen atoms in total. The van der Waals surface area contributed by atoms with Gasteiger partial charge in [0.1, 0.15) is 16.1 Å². The van der Waals surface area contributed by atoms with Crippen molar-refractivity contribution in [2.75, 3.05) is 6.61 Å². The molecule has 164 valence electrons. The van der Waals surface area contributed by atoms with Crippen molar-refractivity contribution < 1.29 is 19.4 Å². The standard InChI is InChI=1S/C23H31NO4S2/c1-4-5-6-7-8-9-14-28-18-12-10-17(11-13-18)15-19-21(25)24(23(29)30-19)20(16(2)3)22(26)27/h10-13,15-16,20H,4-9,14H2,1-3H3,(H,26,27)/b19-15-. The molecule has 1 heterocycles. The van der Waals surface area contributed by atoms with Crippen molar-refractivity contribution in [3.63, 3.8) is 0 Å². The number of unbranched alkanes of at least 4 members (excludes halogenated alkanes) is 5. The maximum absolute atomic E-state index is 12.8. The summed E-state index contributed by atoms with van der Waals surface area (Å²) in [5, 5.41) is 9.49. The van der Waals surface area contributed by atoms with Gasteiger partial charge in [0.2, 0.25) is 0 Å². The highest BCUT2D eigenvalue weighted by molar-refractivity contribution is 8.26. The Labute approximate surface area is 188 Å². The first-order valence-corrected chi connectivity index (χ1v) is 11.8. The Hall–Kier alpha value is -1.86. The van der Waals surface area contributed by atoms with E-state index in [9.17, 15) is 14.7 Å². The van der Waals surface area contributed by atoms with E-state index in [2.05, 4.69) is 6.92 Å². The van der Waals surface area contributed by atoms with Crippen LogP contribution in [0, 0.1) is 5.92 Å². The molecule has 1 fully saturated rings. The highest BCUT2D eigenvalue weighted by Crippen LogP contribution is 2.35. The summed E-state index contributed by atoms with van der Waals surface area (Å²) in [6.45, 7) is 6.46. The van der Waals surface area contributed by atoms with Crippen LogP contribution < -0.4 is 4.74 Å². The Morgan fingerprint density at radius 1 is 1.17 bits per heavy atom. The zero-order chi connectivity index (χ0) is 22.1. The summed E-state index contributed by atoms with van der Waals surface area (Å²) in [6, 6.07) is 6.59. The summed E-state index contributed by atoms with van der Waals surface area (Å²) in [4.78, 5) is 26.0. The van der Waals surface area contributed by atoms with E-state index in [1.807, 2.05) is 24.3 Å². The van der Waals surface area contributed by atoms with E-state index in [-0.39, 0.29) is 16.1 Å². The van der Waals surface area contributed by atoms with Crippen molar-refractivity contribution in [2.45, 2.75) is 65.3 Å². The predicted molar refractivity (Wildman–Crippen MR) is 127 cm³/mol. The molecule has 1 aliphatic heterocycles. The monoisotopic (exact) mass is 449 g/mol. The van der Waals surface area contributed by atoms with Crippen LogP contribution in [0.4, 0.5) is 0 Å². The molecule has 1 aliphatic rings. The minimum atomic E-state index is -1.05. The van der Waals surface area contributed by atoms with E-state index in [0.717, 1.165) is 29.5 Å². The zero-order valence-electron chi connectivity index (χ0n) is 17.9. The average Bonchev–Trinajstić information content (AvgIpc) is 2.96. The molecule has 1 saturated heterocycles. The smallest absolute Gasteiger partial charge is 0.327 e. The van der Waals surface area contributed by atoms with Gasteiger partial charge in [-0.2, -0.15) is 0 Å². The number of carbonyl (C=O) groups excluding carboxylic acids is 1. The number of hydrogen-bond donors (Lipinski definition) is 1. The van der Waals surface area contributed by atoms with Gasteiger partial charge in [-0.1, -0.05) is 89.0 Å². The number of amides is 1. The molecule has 1 aromatic carbocycles. The van der Waals surface area contributed by atoms with Gasteiger partial charge in [-0.15, -0.1) is 0 Å². The molecule has 7 heteroatoms. The molecule has 2 rings (SSSR count). The molecule has 0 spiro atoms. The minimum Gasteiger partial charge on any atom is -0.494 e. The van der Waals surface area contributed by atoms with Crippen LogP contribution in [0.3, 0.4) is 0 Å². The Morgan fingerprint density at radius 3 is 2.40 bits per heavy atom. The van der Waals surface area contributed by atoms with Gasteiger partial charge in [-0.3, -0.25) is 9.69 Å². The predicted octanol–water partition coefficient (Wildman–Crippen LogP) is 5.74. The van der Waals surface area contributed by atoms with Crippen molar-refractivity contribution >= 4 is 46.3 Å². The first-order valence-electron chi connectivity index (χ1n) is 10.6. The largest absolute Gasteiger partial charge is 0.494 e. The maximum Gasteiger partial charge on any atom is 0.327 e. The van der Waals surface area contributed by atoms with Crippen molar-refractivity contribution in [1.82, 2.24) is 4.90 Å². The van der Waals surface area contributed by atoms with Crippen LogP contribution in [0.15, 0.2) is 29.2 Å². The van der Waals surface area contributed by atoms with E-state index in [4.69, 9.17) is 17.0 Å². The number of ether oxygens (including phenoxy) is 1. The lowest BCUT2D eigenvalue weighted by Gasteiger charge is -2.26. The average molecular weight is 450 g/mol. The number of hydrogen-bond acceptors (Lipinski definition) is 5. The fraction of sp³-hybridized carbons (Fsp3) is 0.522. The third-order valence-electron chi connectivity index (χ3n) is 4.93. The molecule has 0 aromatic heterocycles. The number of carbonyl (C=O) groups is 2. The lowest BCUT2D eigenvalue weighted by Crippen LogP contribution is -2.47. The third-order valence-corrected chi connectivity index (χ3v) is 6.26. The van der Waals surface area contributed by atoms with Gasteiger partial charge >= 0.3 is 5.97 Å². The molecule has 1 aromatic rings. The summed E-state index contributed by atoms with van der Waals surface area (Å²) in [5.74, 6) is -0.838. The van der Waals surface area contributed by atoms with Crippen molar-refractivity contribution in [1.29, 1.82) is 0 Å². The summed E-state index contributed by atoms with van der Waals surface area (Å²) >= 11 is 6.43. The topological polar surface area (TPSA) is 66.8 Å². The molecule has 0 bridgehead atoms. The molecule has 1 atom stereocenters. The van der Waals surface area contributed by atoms with Crippen LogP contribution in [0.25, 0.3) is 6.08 Å². The number of rotatable bonds is 12. The molecular formula is C23H31NO4S2. The van der Waals surface area contributed by atoms with Gasteiger partial charge < -0.3 is 9.84 Å². The number of aliphatic carboxylic acids is 1. The van der Waals surface area contributed by atoms with Gasteiger partial charge in [0.25, 0.3) is 5.91 Å². The lowest BCUT2D eigenvalue weighted by molar-refractivity contribution is -0.146. The van der Waals surface area contributed by atoms with Crippen molar-refractivity contribution in [3.8, 4) is 5.75 Å². The van der Waals surface area contributed by atoms with E-state index >= 15 is 0 Å². The molecule has 1 amide bonds. The van der Waals surface area contributed by atoms with Gasteiger partial charge in [0, 0.05) is 0 Å². The number of carboxylic acids is 1. The minimum absolute atomic E-state index is 0.243. The summed E-state index contributed by atoms with van der Waals surface area (Å²) in [5.41, 5.74) is 0.846. The molecule has 0 aliphatic carbocycles. The van der Waals surface area contributed by atoms with Gasteiger partial charge in [0.15, 0.2) is 0 Å². The SMILES string of the molecule is CCCCCCCCOc1ccc(/C=C2\SC(=S)N(C(C(=O)O)C(C)C)C2=O)cc1. The fourth-order valence-corrected chi connectivity index (χ4v) is 4.63. The molecular weight excluding hydrogens is 418 g/mol. The van der Waals surface area contributed by atoms with Gasteiger partial charge in [0.05, 0.1) is 11.5 Å². The quantitative estimate of drug-likeness (QED) is 0.249. The Morgan fingerprint density at radius 2 is 1.80 bits per heavy atom. The van der Waals surface area contributed by atoms with E-state index in [1.54, 1.807) is 19.9 Å². The van der Waals surface area contributed by atoms with Crippen LogP contribution in [0.2, 0.25) is 0 Å². The lowest BCUT2D eigenvalue weighted by atomic mass is 10.0. The first kappa shape index (κ1) is 24.4. The highest BCUT2D eigenvalue weighted by Gasteiger charge is 2.41. The molecule has 0 saturated carbocycles. The highest BCUT2D eigenvalue weighted by atomic mass is 32.2. The van der Waals surface area contributed by atoms with E-state index in [1.165, 1.54) is 37.0 Å². The number of carboxylic acid groups (broad SMARTS) is 1. The van der Waals surface area contributed by atoms with Crippen molar-refractivity contribution in [2.24, 2.45) is 5.92 Å². The molecule has 1 unspecified atom stereocenters. The summed E-state index contributed by atoms with van der Waals surface area (Å²) < 4.78 is 6.07. The molecule has 30 heavy (non-hydrogen) atoms. The van der Waals surface area contributed by atoms with Gasteiger partial charge in [-0.05, 0) is 36.1 Å².